The molecule has 0 fully saturated rings. The van der Waals surface area contributed by atoms with Crippen LogP contribution < -0.4 is 19.5 Å². The zero-order valence-electron chi connectivity index (χ0n) is 14.4. The number of hydrogen-bond donors (Lipinski definition) is 1. The summed E-state index contributed by atoms with van der Waals surface area (Å²) in [7, 11) is 0. The van der Waals surface area contributed by atoms with Crippen LogP contribution in [-0.2, 0) is 4.79 Å². The molecule has 134 valence electrons. The molecular formula is C19H18N2O4S. The van der Waals surface area contributed by atoms with E-state index in [1.807, 2.05) is 50.2 Å². The zero-order valence-corrected chi connectivity index (χ0v) is 15.2. The van der Waals surface area contributed by atoms with Crippen LogP contribution in [0.15, 0.2) is 42.5 Å². The number of hydrogen-bond acceptors (Lipinski definition) is 6. The Hall–Kier alpha value is -2.80. The topological polar surface area (TPSA) is 69.7 Å². The van der Waals surface area contributed by atoms with Crippen molar-refractivity contribution in [2.75, 3.05) is 11.9 Å². The van der Waals surface area contributed by atoms with Crippen molar-refractivity contribution in [1.29, 1.82) is 0 Å². The molecule has 0 saturated carbocycles. The van der Waals surface area contributed by atoms with E-state index in [4.69, 9.17) is 14.2 Å². The molecule has 26 heavy (non-hydrogen) atoms. The molecule has 1 aromatic heterocycles. The molecule has 2 atom stereocenters. The van der Waals surface area contributed by atoms with E-state index in [2.05, 4.69) is 10.3 Å². The van der Waals surface area contributed by atoms with Crippen LogP contribution in [0.5, 0.6) is 17.2 Å². The molecule has 0 radical (unpaired) electrons. The molecule has 0 bridgehead atoms. The Balaban J connectivity index is 1.52. The van der Waals surface area contributed by atoms with Crippen LogP contribution in [0.1, 0.15) is 13.8 Å². The predicted octanol–water partition coefficient (Wildman–Crippen LogP) is 3.86. The first kappa shape index (κ1) is 16.7. The Morgan fingerprint density at radius 3 is 2.77 bits per heavy atom. The van der Waals surface area contributed by atoms with Gasteiger partial charge in [0.05, 0.1) is 16.8 Å². The second kappa shape index (κ2) is 6.84. The van der Waals surface area contributed by atoms with Gasteiger partial charge >= 0.3 is 0 Å². The third-order valence-electron chi connectivity index (χ3n) is 4.00. The number of aromatic nitrogens is 1. The number of carbonyl (C=O) groups excluding carboxylic acids is 1. The Morgan fingerprint density at radius 2 is 2.00 bits per heavy atom. The Labute approximate surface area is 154 Å². The number of nitrogens with one attached hydrogen (secondary N) is 1. The van der Waals surface area contributed by atoms with E-state index in [0.29, 0.717) is 23.2 Å². The van der Waals surface area contributed by atoms with Gasteiger partial charge in [0, 0.05) is 0 Å². The van der Waals surface area contributed by atoms with E-state index in [-0.39, 0.29) is 5.91 Å². The maximum Gasteiger partial charge on any atom is 0.271 e. The van der Waals surface area contributed by atoms with Gasteiger partial charge in [-0.25, -0.2) is 4.98 Å². The molecule has 6 nitrogen and oxygen atoms in total. The minimum atomic E-state index is -0.740. The summed E-state index contributed by atoms with van der Waals surface area (Å²) in [5.74, 6) is 1.72. The SMILES string of the molecule is CCOc1ccc2nc(NC(=O)C3Oc4ccccc4OC3C)sc2c1. The third kappa shape index (κ3) is 3.17. The van der Waals surface area contributed by atoms with Crippen molar-refractivity contribution in [2.45, 2.75) is 26.1 Å². The molecule has 0 saturated heterocycles. The van der Waals surface area contributed by atoms with Crippen molar-refractivity contribution in [1.82, 2.24) is 4.98 Å². The van der Waals surface area contributed by atoms with Crippen LogP contribution in [0.4, 0.5) is 5.13 Å². The molecule has 2 aromatic carbocycles. The zero-order chi connectivity index (χ0) is 18.1. The minimum absolute atomic E-state index is 0.281. The number of anilines is 1. The number of nitrogens with zero attached hydrogens (tertiary/aromatic N) is 1. The highest BCUT2D eigenvalue weighted by molar-refractivity contribution is 7.22. The van der Waals surface area contributed by atoms with E-state index in [0.717, 1.165) is 16.0 Å². The van der Waals surface area contributed by atoms with Crippen LogP contribution >= 0.6 is 11.3 Å². The van der Waals surface area contributed by atoms with Crippen molar-refractivity contribution < 1.29 is 19.0 Å². The average molecular weight is 370 g/mol. The minimum Gasteiger partial charge on any atom is -0.494 e. The van der Waals surface area contributed by atoms with Crippen LogP contribution in [-0.4, -0.2) is 29.7 Å². The highest BCUT2D eigenvalue weighted by Gasteiger charge is 2.34. The molecule has 4 rings (SSSR count). The van der Waals surface area contributed by atoms with Crippen molar-refractivity contribution in [3.8, 4) is 17.2 Å². The van der Waals surface area contributed by atoms with Crippen LogP contribution in [0.3, 0.4) is 0 Å². The van der Waals surface area contributed by atoms with Gasteiger partial charge in [-0.05, 0) is 44.2 Å². The molecule has 1 aliphatic heterocycles. The fraction of sp³-hybridized carbons (Fsp3) is 0.263. The first-order chi connectivity index (χ1) is 12.6. The first-order valence-corrected chi connectivity index (χ1v) is 9.22. The number of carbonyl (C=O) groups is 1. The molecule has 2 heterocycles. The van der Waals surface area contributed by atoms with Gasteiger partial charge in [-0.1, -0.05) is 23.5 Å². The summed E-state index contributed by atoms with van der Waals surface area (Å²) >= 11 is 1.40. The van der Waals surface area contributed by atoms with Crippen molar-refractivity contribution in [3.05, 3.63) is 42.5 Å². The monoisotopic (exact) mass is 370 g/mol. The van der Waals surface area contributed by atoms with Gasteiger partial charge in [0.2, 0.25) is 6.10 Å². The molecule has 1 aliphatic rings. The summed E-state index contributed by atoms with van der Waals surface area (Å²) in [6, 6.07) is 13.0. The summed E-state index contributed by atoms with van der Waals surface area (Å²) in [6.07, 6.45) is -1.14. The van der Waals surface area contributed by atoms with E-state index < -0.39 is 12.2 Å². The fourth-order valence-electron chi connectivity index (χ4n) is 2.80. The summed E-state index contributed by atoms with van der Waals surface area (Å²) < 4.78 is 18.1. The quantitative estimate of drug-likeness (QED) is 0.755. The maximum absolute atomic E-state index is 12.7. The van der Waals surface area contributed by atoms with Crippen LogP contribution in [0.2, 0.25) is 0 Å². The summed E-state index contributed by atoms with van der Waals surface area (Å²) in [5.41, 5.74) is 0.813. The highest BCUT2D eigenvalue weighted by Crippen LogP contribution is 2.34. The summed E-state index contributed by atoms with van der Waals surface area (Å²) in [6.45, 7) is 4.35. The first-order valence-electron chi connectivity index (χ1n) is 8.40. The Kier molecular flexibility index (Phi) is 4.38. The number of benzene rings is 2. The number of para-hydroxylation sites is 2. The second-order valence-corrected chi connectivity index (χ2v) is 6.91. The predicted molar refractivity (Wildman–Crippen MR) is 100 cm³/mol. The normalized spacial score (nSPS) is 18.5. The summed E-state index contributed by atoms with van der Waals surface area (Å²) in [5, 5.41) is 3.36. The van der Waals surface area contributed by atoms with E-state index >= 15 is 0 Å². The standard InChI is InChI=1S/C19H18N2O4S/c1-3-23-12-8-9-13-16(10-12)26-19(20-13)21-18(22)17-11(2)24-14-6-4-5-7-15(14)25-17/h4-11,17H,3H2,1-2H3,(H,20,21,22). The number of amides is 1. The van der Waals surface area contributed by atoms with Gasteiger partial charge in [0.15, 0.2) is 16.6 Å². The summed E-state index contributed by atoms with van der Waals surface area (Å²) in [4.78, 5) is 17.1. The highest BCUT2D eigenvalue weighted by atomic mass is 32.1. The van der Waals surface area contributed by atoms with Crippen molar-refractivity contribution in [3.63, 3.8) is 0 Å². The van der Waals surface area contributed by atoms with Crippen LogP contribution in [0, 0.1) is 0 Å². The lowest BCUT2D eigenvalue weighted by atomic mass is 10.1. The Bertz CT molecular complexity index is 956. The number of fused-ring (bicyclic) bond motifs is 2. The van der Waals surface area contributed by atoms with E-state index in [9.17, 15) is 4.79 Å². The lowest BCUT2D eigenvalue weighted by molar-refractivity contribution is -0.128. The van der Waals surface area contributed by atoms with Gasteiger partial charge in [-0.3, -0.25) is 10.1 Å². The van der Waals surface area contributed by atoms with E-state index in [1.54, 1.807) is 6.07 Å². The second-order valence-electron chi connectivity index (χ2n) is 5.88. The molecule has 0 spiro atoms. The van der Waals surface area contributed by atoms with Gasteiger partial charge in [0.25, 0.3) is 5.91 Å². The number of thiazole rings is 1. The molecular weight excluding hydrogens is 352 g/mol. The number of ether oxygens (including phenoxy) is 3. The lowest BCUT2D eigenvalue weighted by Crippen LogP contribution is -2.46. The van der Waals surface area contributed by atoms with Crippen molar-refractivity contribution >= 4 is 32.6 Å². The van der Waals surface area contributed by atoms with E-state index in [1.165, 1.54) is 11.3 Å². The van der Waals surface area contributed by atoms with Crippen molar-refractivity contribution in [2.24, 2.45) is 0 Å². The fourth-order valence-corrected chi connectivity index (χ4v) is 3.69. The van der Waals surface area contributed by atoms with Gasteiger partial charge in [-0.2, -0.15) is 0 Å². The lowest BCUT2D eigenvalue weighted by Gasteiger charge is -2.30. The average Bonchev–Trinajstić information content (AvgIpc) is 3.02. The molecule has 0 aliphatic carbocycles. The third-order valence-corrected chi connectivity index (χ3v) is 4.94. The number of rotatable bonds is 4. The smallest absolute Gasteiger partial charge is 0.271 e. The molecule has 1 amide bonds. The van der Waals surface area contributed by atoms with Crippen LogP contribution in [0.25, 0.3) is 10.2 Å². The molecule has 1 N–H and O–H groups in total. The Morgan fingerprint density at radius 1 is 1.23 bits per heavy atom. The molecule has 3 aromatic rings. The molecule has 7 heteroatoms. The van der Waals surface area contributed by atoms with Gasteiger partial charge < -0.3 is 14.2 Å². The molecule has 2 unspecified atom stereocenters. The maximum atomic E-state index is 12.7. The largest absolute Gasteiger partial charge is 0.494 e. The van der Waals surface area contributed by atoms with Gasteiger partial charge in [-0.15, -0.1) is 0 Å². The van der Waals surface area contributed by atoms with Gasteiger partial charge in [0.1, 0.15) is 11.9 Å².